The van der Waals surface area contributed by atoms with E-state index in [0.717, 1.165) is 13.1 Å². The zero-order valence-electron chi connectivity index (χ0n) is 7.54. The molecule has 0 aromatic rings. The van der Waals surface area contributed by atoms with Gasteiger partial charge in [0.25, 0.3) is 0 Å². The molecule has 0 atom stereocenters. The van der Waals surface area contributed by atoms with Crippen molar-refractivity contribution in [3.63, 3.8) is 0 Å². The molecule has 0 bridgehead atoms. The largest absolute Gasteiger partial charge is 0.377 e. The summed E-state index contributed by atoms with van der Waals surface area (Å²) in [4.78, 5) is 2.00. The van der Waals surface area contributed by atoms with E-state index >= 15 is 0 Å². The van der Waals surface area contributed by atoms with Crippen LogP contribution in [0.25, 0.3) is 0 Å². The lowest BCUT2D eigenvalue weighted by Crippen LogP contribution is -2.16. The van der Waals surface area contributed by atoms with Crippen molar-refractivity contribution in [2.24, 2.45) is 0 Å². The van der Waals surface area contributed by atoms with Crippen molar-refractivity contribution in [2.75, 3.05) is 13.1 Å². The SMILES string of the molecule is CCN(/C=C(/C#N)CC#N)CC. The van der Waals surface area contributed by atoms with Crippen LogP contribution >= 0.6 is 0 Å². The lowest BCUT2D eigenvalue weighted by molar-refractivity contribution is 0.416. The highest BCUT2D eigenvalue weighted by atomic mass is 15.1. The normalized spacial score (nSPS) is 10.2. The summed E-state index contributed by atoms with van der Waals surface area (Å²) in [6.45, 7) is 5.77. The smallest absolute Gasteiger partial charge is 0.0973 e. The number of nitrogens with zero attached hydrogens (tertiary/aromatic N) is 3. The van der Waals surface area contributed by atoms with Gasteiger partial charge in [0.15, 0.2) is 0 Å². The molecule has 0 radical (unpaired) electrons. The van der Waals surface area contributed by atoms with Gasteiger partial charge < -0.3 is 4.90 Å². The van der Waals surface area contributed by atoms with Crippen molar-refractivity contribution in [2.45, 2.75) is 20.3 Å². The van der Waals surface area contributed by atoms with Gasteiger partial charge >= 0.3 is 0 Å². The summed E-state index contributed by atoms with van der Waals surface area (Å²) in [7, 11) is 0. The topological polar surface area (TPSA) is 50.8 Å². The Kier molecular flexibility index (Phi) is 5.47. The van der Waals surface area contributed by atoms with Crippen LogP contribution in [0.3, 0.4) is 0 Å². The maximum Gasteiger partial charge on any atom is 0.0973 e. The van der Waals surface area contributed by atoms with Gasteiger partial charge in [-0.2, -0.15) is 10.5 Å². The van der Waals surface area contributed by atoms with E-state index in [1.807, 2.05) is 30.9 Å². The quantitative estimate of drug-likeness (QED) is 0.592. The molecular formula is C9H13N3. The van der Waals surface area contributed by atoms with Crippen LogP contribution in [0, 0.1) is 22.7 Å². The average Bonchev–Trinajstić information content (AvgIpc) is 2.12. The third-order valence-corrected chi connectivity index (χ3v) is 1.56. The molecule has 0 rings (SSSR count). The summed E-state index contributed by atoms with van der Waals surface area (Å²) in [6, 6.07) is 3.95. The first-order chi connectivity index (χ1) is 5.78. The molecule has 0 unspecified atom stereocenters. The Balaban J connectivity index is 4.28. The minimum Gasteiger partial charge on any atom is -0.377 e. The summed E-state index contributed by atoms with van der Waals surface area (Å²) in [5.74, 6) is 0. The van der Waals surface area contributed by atoms with E-state index in [4.69, 9.17) is 10.5 Å². The summed E-state index contributed by atoms with van der Waals surface area (Å²) < 4.78 is 0. The third kappa shape index (κ3) is 3.63. The van der Waals surface area contributed by atoms with Crippen LogP contribution in [0.1, 0.15) is 20.3 Å². The van der Waals surface area contributed by atoms with E-state index in [1.54, 1.807) is 6.20 Å². The Morgan fingerprint density at radius 3 is 2.25 bits per heavy atom. The zero-order valence-corrected chi connectivity index (χ0v) is 7.54. The first-order valence-corrected chi connectivity index (χ1v) is 4.00. The van der Waals surface area contributed by atoms with E-state index < -0.39 is 0 Å². The third-order valence-electron chi connectivity index (χ3n) is 1.56. The van der Waals surface area contributed by atoms with Crippen LogP contribution in [0.15, 0.2) is 11.8 Å². The molecule has 0 aliphatic heterocycles. The highest BCUT2D eigenvalue weighted by Crippen LogP contribution is 2.00. The molecular weight excluding hydrogens is 150 g/mol. The average molecular weight is 163 g/mol. The van der Waals surface area contributed by atoms with Gasteiger partial charge in [-0.1, -0.05) is 0 Å². The zero-order chi connectivity index (χ0) is 9.40. The highest BCUT2D eigenvalue weighted by Gasteiger charge is 1.97. The predicted molar refractivity (Wildman–Crippen MR) is 46.8 cm³/mol. The molecule has 3 heteroatoms. The fraction of sp³-hybridized carbons (Fsp3) is 0.556. The van der Waals surface area contributed by atoms with Gasteiger partial charge in [-0.15, -0.1) is 0 Å². The molecule has 0 fully saturated rings. The van der Waals surface area contributed by atoms with Gasteiger partial charge in [0.05, 0.1) is 24.1 Å². The summed E-state index contributed by atoms with van der Waals surface area (Å²) in [5, 5.41) is 17.0. The van der Waals surface area contributed by atoms with Gasteiger partial charge in [0.2, 0.25) is 0 Å². The molecule has 64 valence electrons. The number of nitriles is 2. The molecule has 0 N–H and O–H groups in total. The van der Waals surface area contributed by atoms with Crippen LogP contribution in [0.2, 0.25) is 0 Å². The van der Waals surface area contributed by atoms with Crippen molar-refractivity contribution < 1.29 is 0 Å². The summed E-state index contributed by atoms with van der Waals surface area (Å²) in [6.07, 6.45) is 1.95. The summed E-state index contributed by atoms with van der Waals surface area (Å²) in [5.41, 5.74) is 0.529. The Morgan fingerprint density at radius 1 is 1.33 bits per heavy atom. The predicted octanol–water partition coefficient (Wildman–Crippen LogP) is 1.65. The Bertz CT molecular complexity index is 225. The van der Waals surface area contributed by atoms with Crippen LogP contribution < -0.4 is 0 Å². The van der Waals surface area contributed by atoms with Gasteiger partial charge in [0.1, 0.15) is 0 Å². The first kappa shape index (κ1) is 10.5. The first-order valence-electron chi connectivity index (χ1n) is 4.00. The Labute approximate surface area is 73.5 Å². The van der Waals surface area contributed by atoms with Gasteiger partial charge in [-0.05, 0) is 13.8 Å². The molecule has 0 aromatic carbocycles. The standard InChI is InChI=1S/C9H13N3/c1-3-12(4-2)8-9(7-11)5-6-10/h8H,3-5H2,1-2H3/b9-8+. The monoisotopic (exact) mass is 163 g/mol. The molecule has 0 aliphatic rings. The fourth-order valence-electron chi connectivity index (χ4n) is 0.826. The maximum atomic E-state index is 8.60. The number of hydrogen-bond donors (Lipinski definition) is 0. The van der Waals surface area contributed by atoms with Gasteiger partial charge in [0, 0.05) is 19.3 Å². The lowest BCUT2D eigenvalue weighted by atomic mass is 10.2. The molecule has 0 saturated heterocycles. The molecule has 0 aromatic heterocycles. The van der Waals surface area contributed by atoms with Crippen molar-refractivity contribution in [1.82, 2.24) is 4.90 Å². The molecule has 3 nitrogen and oxygen atoms in total. The van der Waals surface area contributed by atoms with E-state index in [9.17, 15) is 0 Å². The van der Waals surface area contributed by atoms with Gasteiger partial charge in [-0.3, -0.25) is 0 Å². The van der Waals surface area contributed by atoms with E-state index in [-0.39, 0.29) is 6.42 Å². The summed E-state index contributed by atoms with van der Waals surface area (Å²) >= 11 is 0. The molecule has 0 saturated carbocycles. The van der Waals surface area contributed by atoms with Crippen molar-refractivity contribution in [1.29, 1.82) is 10.5 Å². The second-order valence-corrected chi connectivity index (χ2v) is 2.32. The van der Waals surface area contributed by atoms with Crippen LogP contribution in [-0.2, 0) is 0 Å². The lowest BCUT2D eigenvalue weighted by Gasteiger charge is -2.14. The minimum absolute atomic E-state index is 0.201. The second kappa shape index (κ2) is 6.24. The molecule has 0 aliphatic carbocycles. The van der Waals surface area contributed by atoms with E-state index in [0.29, 0.717) is 5.57 Å². The number of rotatable bonds is 4. The number of allylic oxidation sites excluding steroid dienone is 1. The Hall–Kier alpha value is -1.48. The van der Waals surface area contributed by atoms with Crippen molar-refractivity contribution in [3.8, 4) is 12.1 Å². The van der Waals surface area contributed by atoms with E-state index in [1.165, 1.54) is 0 Å². The van der Waals surface area contributed by atoms with Gasteiger partial charge in [-0.25, -0.2) is 0 Å². The molecule has 0 spiro atoms. The number of hydrogen-bond acceptors (Lipinski definition) is 3. The van der Waals surface area contributed by atoms with Crippen LogP contribution in [0.4, 0.5) is 0 Å². The highest BCUT2D eigenvalue weighted by molar-refractivity contribution is 5.23. The van der Waals surface area contributed by atoms with Crippen molar-refractivity contribution in [3.05, 3.63) is 11.8 Å². The van der Waals surface area contributed by atoms with Crippen LogP contribution in [-0.4, -0.2) is 18.0 Å². The minimum atomic E-state index is 0.201. The van der Waals surface area contributed by atoms with Crippen molar-refractivity contribution >= 4 is 0 Å². The molecule has 0 heterocycles. The molecule has 0 amide bonds. The van der Waals surface area contributed by atoms with Crippen LogP contribution in [0.5, 0.6) is 0 Å². The Morgan fingerprint density at radius 2 is 1.92 bits per heavy atom. The fourth-order valence-corrected chi connectivity index (χ4v) is 0.826. The second-order valence-electron chi connectivity index (χ2n) is 2.32. The maximum absolute atomic E-state index is 8.60. The molecule has 12 heavy (non-hydrogen) atoms. The van der Waals surface area contributed by atoms with E-state index in [2.05, 4.69) is 0 Å².